The third-order valence-corrected chi connectivity index (χ3v) is 4.48. The Kier molecular flexibility index (Phi) is 4.48. The lowest BCUT2D eigenvalue weighted by Crippen LogP contribution is -2.37. The number of hydrogen-bond acceptors (Lipinski definition) is 4. The molecule has 0 saturated carbocycles. The van der Waals surface area contributed by atoms with Gasteiger partial charge in [-0.1, -0.05) is 19.1 Å². The second kappa shape index (κ2) is 6.70. The van der Waals surface area contributed by atoms with E-state index in [1.165, 1.54) is 4.88 Å². The minimum atomic E-state index is -0.169. The van der Waals surface area contributed by atoms with Gasteiger partial charge in [0.25, 0.3) is 0 Å². The summed E-state index contributed by atoms with van der Waals surface area (Å²) in [6.45, 7) is 2.76. The molecule has 0 bridgehead atoms. The molecule has 2 amide bonds. The van der Waals surface area contributed by atoms with Crippen molar-refractivity contribution in [2.75, 3.05) is 6.79 Å². The highest BCUT2D eigenvalue weighted by Crippen LogP contribution is 2.32. The van der Waals surface area contributed by atoms with Crippen molar-refractivity contribution in [3.8, 4) is 11.5 Å². The topological polar surface area (TPSA) is 59.6 Å². The quantitative estimate of drug-likeness (QED) is 0.888. The Labute approximate surface area is 133 Å². The number of rotatable bonds is 5. The van der Waals surface area contributed by atoms with E-state index in [0.29, 0.717) is 6.54 Å². The fraction of sp³-hybridized carbons (Fsp3) is 0.312. The molecule has 1 aromatic carbocycles. The largest absolute Gasteiger partial charge is 0.454 e. The van der Waals surface area contributed by atoms with E-state index in [0.717, 1.165) is 23.5 Å². The lowest BCUT2D eigenvalue weighted by atomic mass is 10.2. The monoisotopic (exact) mass is 318 g/mol. The first-order chi connectivity index (χ1) is 10.8. The molecule has 116 valence electrons. The molecule has 22 heavy (non-hydrogen) atoms. The highest BCUT2D eigenvalue weighted by Gasteiger charge is 2.15. The molecule has 1 aliphatic heterocycles. The van der Waals surface area contributed by atoms with Crippen molar-refractivity contribution in [2.45, 2.75) is 25.9 Å². The molecule has 5 nitrogen and oxygen atoms in total. The lowest BCUT2D eigenvalue weighted by Gasteiger charge is -2.16. The summed E-state index contributed by atoms with van der Waals surface area (Å²) < 4.78 is 10.6. The van der Waals surface area contributed by atoms with Gasteiger partial charge in [0, 0.05) is 11.4 Å². The Bertz CT molecular complexity index is 643. The van der Waals surface area contributed by atoms with Crippen LogP contribution in [0.25, 0.3) is 0 Å². The first-order valence-corrected chi connectivity index (χ1v) is 8.10. The van der Waals surface area contributed by atoms with E-state index in [-0.39, 0.29) is 18.9 Å². The van der Waals surface area contributed by atoms with Gasteiger partial charge in [-0.25, -0.2) is 4.79 Å². The van der Waals surface area contributed by atoms with Gasteiger partial charge in [0.1, 0.15) is 0 Å². The Morgan fingerprint density at radius 2 is 2.18 bits per heavy atom. The number of fused-ring (bicyclic) bond motifs is 1. The van der Waals surface area contributed by atoms with Crippen LogP contribution in [0.1, 0.15) is 29.8 Å². The molecule has 1 atom stereocenters. The van der Waals surface area contributed by atoms with Gasteiger partial charge in [-0.2, -0.15) is 0 Å². The minimum Gasteiger partial charge on any atom is -0.454 e. The lowest BCUT2D eigenvalue weighted by molar-refractivity contribution is 0.174. The first-order valence-electron chi connectivity index (χ1n) is 7.22. The summed E-state index contributed by atoms with van der Waals surface area (Å²) in [7, 11) is 0. The Morgan fingerprint density at radius 3 is 2.95 bits per heavy atom. The minimum absolute atomic E-state index is 0.0525. The van der Waals surface area contributed by atoms with Crippen LogP contribution in [-0.2, 0) is 6.54 Å². The fourth-order valence-electron chi connectivity index (χ4n) is 2.31. The number of hydrogen-bond donors (Lipinski definition) is 2. The number of carbonyl (C=O) groups is 1. The molecule has 0 saturated heterocycles. The maximum absolute atomic E-state index is 12.0. The van der Waals surface area contributed by atoms with Gasteiger partial charge in [-0.05, 0) is 35.6 Å². The Balaban J connectivity index is 1.54. The van der Waals surface area contributed by atoms with Crippen molar-refractivity contribution >= 4 is 17.4 Å². The average Bonchev–Trinajstić information content (AvgIpc) is 3.21. The standard InChI is InChI=1S/C16H18N2O3S/c1-2-12(15-4-3-7-22-15)18-16(19)17-9-11-5-6-13-14(8-11)21-10-20-13/h3-8,12H,2,9-10H2,1H3,(H2,17,18,19)/t12-/m0/s1. The molecule has 0 radical (unpaired) electrons. The van der Waals surface area contributed by atoms with Gasteiger partial charge in [-0.3, -0.25) is 0 Å². The van der Waals surface area contributed by atoms with Crippen LogP contribution in [0.2, 0.25) is 0 Å². The zero-order chi connectivity index (χ0) is 15.4. The average molecular weight is 318 g/mol. The van der Waals surface area contributed by atoms with Gasteiger partial charge in [0.05, 0.1) is 6.04 Å². The van der Waals surface area contributed by atoms with Crippen LogP contribution in [0.4, 0.5) is 4.79 Å². The second-order valence-corrected chi connectivity index (χ2v) is 5.97. The predicted molar refractivity (Wildman–Crippen MR) is 85.3 cm³/mol. The number of nitrogens with one attached hydrogen (secondary N) is 2. The van der Waals surface area contributed by atoms with E-state index < -0.39 is 0 Å². The molecular formula is C16H18N2O3S. The number of carbonyl (C=O) groups excluding carboxylic acids is 1. The van der Waals surface area contributed by atoms with Gasteiger partial charge in [0.2, 0.25) is 6.79 Å². The normalized spacial score (nSPS) is 13.7. The molecule has 2 N–H and O–H groups in total. The van der Waals surface area contributed by atoms with Gasteiger partial charge in [0.15, 0.2) is 11.5 Å². The molecule has 3 rings (SSSR count). The molecule has 1 aromatic heterocycles. The maximum Gasteiger partial charge on any atom is 0.315 e. The van der Waals surface area contributed by atoms with E-state index in [1.54, 1.807) is 11.3 Å². The fourth-order valence-corrected chi connectivity index (χ4v) is 3.17. The van der Waals surface area contributed by atoms with Crippen molar-refractivity contribution in [3.63, 3.8) is 0 Å². The van der Waals surface area contributed by atoms with E-state index in [2.05, 4.69) is 17.6 Å². The molecule has 0 spiro atoms. The summed E-state index contributed by atoms with van der Waals surface area (Å²) >= 11 is 1.65. The zero-order valence-electron chi connectivity index (χ0n) is 12.3. The number of thiophene rings is 1. The van der Waals surface area contributed by atoms with Crippen molar-refractivity contribution in [1.82, 2.24) is 10.6 Å². The van der Waals surface area contributed by atoms with Crippen molar-refractivity contribution in [2.24, 2.45) is 0 Å². The molecule has 6 heteroatoms. The summed E-state index contributed by atoms with van der Waals surface area (Å²) in [5.41, 5.74) is 0.976. The third-order valence-electron chi connectivity index (χ3n) is 3.49. The first kappa shape index (κ1) is 14.7. The van der Waals surface area contributed by atoms with Crippen molar-refractivity contribution in [1.29, 1.82) is 0 Å². The molecular weight excluding hydrogens is 300 g/mol. The number of benzene rings is 1. The highest BCUT2D eigenvalue weighted by atomic mass is 32.1. The molecule has 0 aliphatic carbocycles. The van der Waals surface area contributed by atoms with Gasteiger partial charge < -0.3 is 20.1 Å². The maximum atomic E-state index is 12.0. The molecule has 2 heterocycles. The molecule has 0 fully saturated rings. The van der Waals surface area contributed by atoms with Crippen LogP contribution in [0.5, 0.6) is 11.5 Å². The predicted octanol–water partition coefficient (Wildman–Crippen LogP) is 3.43. The van der Waals surface area contributed by atoms with Crippen LogP contribution >= 0.6 is 11.3 Å². The third kappa shape index (κ3) is 3.33. The van der Waals surface area contributed by atoms with Crippen LogP contribution in [-0.4, -0.2) is 12.8 Å². The molecule has 2 aromatic rings. The number of amides is 2. The van der Waals surface area contributed by atoms with Gasteiger partial charge in [-0.15, -0.1) is 11.3 Å². The zero-order valence-corrected chi connectivity index (χ0v) is 13.1. The summed E-state index contributed by atoms with van der Waals surface area (Å²) in [5, 5.41) is 7.89. The summed E-state index contributed by atoms with van der Waals surface area (Å²) in [4.78, 5) is 13.2. The van der Waals surface area contributed by atoms with Crippen molar-refractivity contribution < 1.29 is 14.3 Å². The second-order valence-electron chi connectivity index (χ2n) is 4.99. The summed E-state index contributed by atoms with van der Waals surface area (Å²) in [5.74, 6) is 1.47. The van der Waals surface area contributed by atoms with Crippen LogP contribution in [0.15, 0.2) is 35.7 Å². The highest BCUT2D eigenvalue weighted by molar-refractivity contribution is 7.10. The Hall–Kier alpha value is -2.21. The smallest absolute Gasteiger partial charge is 0.315 e. The summed E-state index contributed by atoms with van der Waals surface area (Å²) in [6, 6.07) is 9.59. The van der Waals surface area contributed by atoms with Crippen molar-refractivity contribution in [3.05, 3.63) is 46.2 Å². The van der Waals surface area contributed by atoms with E-state index in [1.807, 2.05) is 35.7 Å². The van der Waals surface area contributed by atoms with Crippen LogP contribution in [0.3, 0.4) is 0 Å². The number of urea groups is 1. The van der Waals surface area contributed by atoms with E-state index >= 15 is 0 Å². The van der Waals surface area contributed by atoms with Crippen LogP contribution in [0, 0.1) is 0 Å². The Morgan fingerprint density at radius 1 is 1.32 bits per heavy atom. The molecule has 1 aliphatic rings. The SMILES string of the molecule is CC[C@H](NC(=O)NCc1ccc2c(c1)OCO2)c1cccs1. The van der Waals surface area contributed by atoms with E-state index in [4.69, 9.17) is 9.47 Å². The van der Waals surface area contributed by atoms with Gasteiger partial charge >= 0.3 is 6.03 Å². The number of ether oxygens (including phenoxy) is 2. The van der Waals surface area contributed by atoms with Crippen LogP contribution < -0.4 is 20.1 Å². The van der Waals surface area contributed by atoms with E-state index in [9.17, 15) is 4.79 Å². The molecule has 0 unspecified atom stereocenters. The summed E-state index contributed by atoms with van der Waals surface area (Å²) in [6.07, 6.45) is 0.859.